The number of fused-ring (bicyclic) bond motifs is 3. The van der Waals surface area contributed by atoms with Crippen LogP contribution in [0.25, 0.3) is 0 Å². The monoisotopic (exact) mass is 429 g/mol. The number of carbonyl (C=O) groups is 2. The summed E-state index contributed by atoms with van der Waals surface area (Å²) < 4.78 is 0. The minimum Gasteiger partial charge on any atom is -0.302 e. The van der Waals surface area contributed by atoms with E-state index in [9.17, 15) is 9.59 Å². The van der Waals surface area contributed by atoms with E-state index in [1.54, 1.807) is 11.9 Å². The normalized spacial score (nSPS) is 22.3. The smallest absolute Gasteiger partial charge is 0.302 e. The molecule has 2 atom stereocenters. The highest BCUT2D eigenvalue weighted by molar-refractivity contribution is 6.10. The standard InChI is InChI=1S/C25H27N5O2/c1-15-10-8-12-20(18(15)4)30-17(3)13-28-21-22(26-24(28)30)27(5)25(32)29(23(21)31)14-19-11-7-6-9-16(19)2/h6-13,21-22H,14H2,1-5H3. The van der Waals surface area contributed by atoms with E-state index in [-0.39, 0.29) is 18.5 Å². The van der Waals surface area contributed by atoms with E-state index in [0.29, 0.717) is 5.96 Å². The maximum atomic E-state index is 13.6. The van der Waals surface area contributed by atoms with Crippen molar-refractivity contribution in [3.63, 3.8) is 0 Å². The average molecular weight is 430 g/mol. The molecule has 0 aromatic heterocycles. The molecule has 0 bridgehead atoms. The summed E-state index contributed by atoms with van der Waals surface area (Å²) in [5.74, 6) is 0.476. The number of guanidine groups is 1. The van der Waals surface area contributed by atoms with Crippen LogP contribution in [0.4, 0.5) is 10.5 Å². The molecule has 2 unspecified atom stereocenters. The van der Waals surface area contributed by atoms with E-state index < -0.39 is 12.2 Å². The van der Waals surface area contributed by atoms with Gasteiger partial charge in [-0.05, 0) is 56.0 Å². The van der Waals surface area contributed by atoms with E-state index in [1.165, 1.54) is 10.5 Å². The zero-order chi connectivity index (χ0) is 22.7. The number of aryl methyl sites for hydroxylation is 2. The lowest BCUT2D eigenvalue weighted by Gasteiger charge is -2.40. The first-order chi connectivity index (χ1) is 15.3. The molecule has 0 aliphatic carbocycles. The number of hydrogen-bond donors (Lipinski definition) is 0. The molecule has 7 heteroatoms. The number of urea groups is 1. The van der Waals surface area contributed by atoms with Crippen LogP contribution in [0.15, 0.2) is 59.4 Å². The van der Waals surface area contributed by atoms with E-state index in [4.69, 9.17) is 4.99 Å². The quantitative estimate of drug-likeness (QED) is 0.746. The number of aliphatic imine (C=N–C) groups is 1. The summed E-state index contributed by atoms with van der Waals surface area (Å²) in [5, 5.41) is 0. The van der Waals surface area contributed by atoms with E-state index in [0.717, 1.165) is 28.1 Å². The van der Waals surface area contributed by atoms with Gasteiger partial charge in [-0.15, -0.1) is 0 Å². The second kappa shape index (κ2) is 7.22. The lowest BCUT2D eigenvalue weighted by molar-refractivity contribution is -0.137. The van der Waals surface area contributed by atoms with E-state index >= 15 is 0 Å². The highest BCUT2D eigenvalue weighted by Gasteiger charge is 2.54. The maximum absolute atomic E-state index is 13.6. The number of rotatable bonds is 3. The number of anilines is 1. The first kappa shape index (κ1) is 20.3. The third-order valence-corrected chi connectivity index (χ3v) is 6.79. The first-order valence-electron chi connectivity index (χ1n) is 10.8. The summed E-state index contributed by atoms with van der Waals surface area (Å²) in [6, 6.07) is 13.1. The molecule has 3 aliphatic heterocycles. The Morgan fingerprint density at radius 3 is 2.41 bits per heavy atom. The van der Waals surface area contributed by atoms with E-state index in [2.05, 4.69) is 30.9 Å². The molecule has 7 nitrogen and oxygen atoms in total. The van der Waals surface area contributed by atoms with Gasteiger partial charge in [0.25, 0.3) is 5.91 Å². The van der Waals surface area contributed by atoms with Crippen LogP contribution in [0.1, 0.15) is 29.2 Å². The Hall–Kier alpha value is -3.61. The van der Waals surface area contributed by atoms with Crippen LogP contribution < -0.4 is 4.90 Å². The summed E-state index contributed by atoms with van der Waals surface area (Å²) in [4.78, 5) is 38.6. The molecular formula is C25H27N5O2. The number of allylic oxidation sites excluding steroid dienone is 1. The molecule has 0 radical (unpaired) electrons. The Labute approximate surface area is 188 Å². The zero-order valence-corrected chi connectivity index (χ0v) is 19.0. The van der Waals surface area contributed by atoms with Gasteiger partial charge in [-0.2, -0.15) is 0 Å². The van der Waals surface area contributed by atoms with Crippen molar-refractivity contribution in [3.8, 4) is 0 Å². The summed E-state index contributed by atoms with van der Waals surface area (Å²) in [5.41, 5.74) is 6.41. The Morgan fingerprint density at radius 2 is 1.66 bits per heavy atom. The van der Waals surface area contributed by atoms with Crippen molar-refractivity contribution in [3.05, 3.63) is 76.6 Å². The van der Waals surface area contributed by atoms with Crippen LogP contribution in [0.2, 0.25) is 0 Å². The lowest BCUT2D eigenvalue weighted by atomic mass is 10.1. The molecule has 3 aliphatic rings. The van der Waals surface area contributed by atoms with Gasteiger partial charge >= 0.3 is 6.03 Å². The second-order valence-corrected chi connectivity index (χ2v) is 8.76. The van der Waals surface area contributed by atoms with Gasteiger partial charge in [0.05, 0.1) is 12.2 Å². The average Bonchev–Trinajstić information content (AvgIpc) is 3.28. The van der Waals surface area contributed by atoms with Crippen LogP contribution >= 0.6 is 0 Å². The van der Waals surface area contributed by atoms with Crippen molar-refractivity contribution < 1.29 is 9.59 Å². The van der Waals surface area contributed by atoms with Crippen LogP contribution in [-0.2, 0) is 11.3 Å². The Bertz CT molecular complexity index is 1200. The summed E-state index contributed by atoms with van der Waals surface area (Å²) in [6.07, 6.45) is 1.42. The van der Waals surface area contributed by atoms with Gasteiger partial charge in [0.1, 0.15) is 0 Å². The summed E-state index contributed by atoms with van der Waals surface area (Å²) >= 11 is 0. The van der Waals surface area contributed by atoms with Crippen LogP contribution in [0.3, 0.4) is 0 Å². The molecule has 0 saturated carbocycles. The second-order valence-electron chi connectivity index (χ2n) is 8.76. The van der Waals surface area contributed by atoms with Gasteiger partial charge in [0.15, 0.2) is 12.2 Å². The van der Waals surface area contributed by atoms with Crippen molar-refractivity contribution in [2.45, 2.75) is 46.4 Å². The molecule has 1 fully saturated rings. The minimum absolute atomic E-state index is 0.216. The molecule has 2 aromatic carbocycles. The maximum Gasteiger partial charge on any atom is 0.328 e. The molecule has 164 valence electrons. The number of carbonyl (C=O) groups excluding carboxylic acids is 2. The molecule has 0 spiro atoms. The SMILES string of the molecule is CC1=CN2C(=NC3C2C(=O)N(Cc2ccccc2C)C(=O)N3C)N1c1cccc(C)c1C. The molecule has 2 aromatic rings. The van der Waals surface area contributed by atoms with Crippen LogP contribution in [-0.4, -0.2) is 51.9 Å². The minimum atomic E-state index is -0.568. The molecule has 3 heterocycles. The highest BCUT2D eigenvalue weighted by atomic mass is 16.2. The number of nitrogens with zero attached hydrogens (tertiary/aromatic N) is 5. The fourth-order valence-corrected chi connectivity index (χ4v) is 4.73. The number of hydrogen-bond acceptors (Lipinski definition) is 5. The zero-order valence-electron chi connectivity index (χ0n) is 19.0. The van der Waals surface area contributed by atoms with Gasteiger partial charge in [-0.3, -0.25) is 14.6 Å². The predicted molar refractivity (Wildman–Crippen MR) is 124 cm³/mol. The third kappa shape index (κ3) is 2.84. The fourth-order valence-electron chi connectivity index (χ4n) is 4.73. The molecule has 0 N–H and O–H groups in total. The van der Waals surface area contributed by atoms with Crippen LogP contribution in [0, 0.1) is 20.8 Å². The topological polar surface area (TPSA) is 59.5 Å². The number of likely N-dealkylation sites (N-methyl/N-ethyl adjacent to an activating group) is 1. The third-order valence-electron chi connectivity index (χ3n) is 6.79. The number of amides is 3. The van der Waals surface area contributed by atoms with Crippen molar-refractivity contribution in [2.75, 3.05) is 11.9 Å². The Morgan fingerprint density at radius 1 is 0.938 bits per heavy atom. The van der Waals surface area contributed by atoms with Gasteiger partial charge < -0.3 is 9.80 Å². The van der Waals surface area contributed by atoms with Gasteiger partial charge in [-0.1, -0.05) is 36.4 Å². The lowest BCUT2D eigenvalue weighted by Crippen LogP contribution is -2.63. The molecule has 32 heavy (non-hydrogen) atoms. The first-order valence-corrected chi connectivity index (χ1v) is 10.8. The van der Waals surface area contributed by atoms with Crippen LogP contribution in [0.5, 0.6) is 0 Å². The van der Waals surface area contributed by atoms with Crippen molar-refractivity contribution in [1.82, 2.24) is 14.7 Å². The predicted octanol–water partition coefficient (Wildman–Crippen LogP) is 3.75. The summed E-state index contributed by atoms with van der Waals surface area (Å²) in [7, 11) is 1.72. The van der Waals surface area contributed by atoms with Crippen molar-refractivity contribution in [2.24, 2.45) is 4.99 Å². The fraction of sp³-hybridized carbons (Fsp3) is 0.320. The van der Waals surface area contributed by atoms with E-state index in [1.807, 2.05) is 55.3 Å². The van der Waals surface area contributed by atoms with Gasteiger partial charge in [0, 0.05) is 18.9 Å². The van der Waals surface area contributed by atoms with Gasteiger partial charge in [0.2, 0.25) is 5.96 Å². The highest BCUT2D eigenvalue weighted by Crippen LogP contribution is 2.38. The summed E-state index contributed by atoms with van der Waals surface area (Å²) in [6.45, 7) is 8.44. The molecule has 1 saturated heterocycles. The number of benzene rings is 2. The molecular weight excluding hydrogens is 402 g/mol. The van der Waals surface area contributed by atoms with Gasteiger partial charge in [-0.25, -0.2) is 9.79 Å². The number of imide groups is 1. The Balaban J connectivity index is 1.51. The Kier molecular flexibility index (Phi) is 4.58. The largest absolute Gasteiger partial charge is 0.328 e. The van der Waals surface area contributed by atoms with Crippen molar-refractivity contribution in [1.29, 1.82) is 0 Å². The van der Waals surface area contributed by atoms with Crippen molar-refractivity contribution >= 4 is 23.6 Å². The molecule has 3 amide bonds. The molecule has 5 rings (SSSR count).